The Morgan fingerprint density at radius 1 is 1.00 bits per heavy atom. The van der Waals surface area contributed by atoms with Crippen molar-refractivity contribution in [3.8, 4) is 11.4 Å². The average molecular weight is 467 g/mol. The second kappa shape index (κ2) is 10.7. The second-order valence-corrected chi connectivity index (χ2v) is 10.6. The van der Waals surface area contributed by atoms with Crippen LogP contribution in [0.5, 0.6) is 5.75 Å². The topological polar surface area (TPSA) is 63.4 Å². The largest absolute Gasteiger partial charge is 0.491 e. The number of aliphatic hydroxyl groups is 1. The van der Waals surface area contributed by atoms with Gasteiger partial charge in [-0.2, -0.15) is 0 Å². The molecule has 1 unspecified atom stereocenters. The monoisotopic (exact) mass is 466 g/mol. The van der Waals surface area contributed by atoms with Gasteiger partial charge in [0.1, 0.15) is 12.4 Å². The van der Waals surface area contributed by atoms with Crippen LogP contribution in [0, 0.1) is 0 Å². The molecule has 1 saturated heterocycles. The Balaban J connectivity index is 1.42. The lowest BCUT2D eigenvalue weighted by Gasteiger charge is -2.23. The van der Waals surface area contributed by atoms with E-state index in [2.05, 4.69) is 58.6 Å². The maximum absolute atomic E-state index is 10.7. The van der Waals surface area contributed by atoms with Crippen LogP contribution in [0.15, 0.2) is 59.8 Å². The van der Waals surface area contributed by atoms with Gasteiger partial charge in [-0.1, -0.05) is 68.9 Å². The van der Waals surface area contributed by atoms with E-state index in [0.29, 0.717) is 5.75 Å². The van der Waals surface area contributed by atoms with E-state index in [1.807, 2.05) is 36.4 Å². The zero-order chi connectivity index (χ0) is 23.3. The summed E-state index contributed by atoms with van der Waals surface area (Å²) in [4.78, 5) is 2.42. The quantitative estimate of drug-likeness (QED) is 0.462. The fourth-order valence-corrected chi connectivity index (χ4v) is 4.97. The summed E-state index contributed by atoms with van der Waals surface area (Å²) in [6.07, 6.45) is 1.86. The lowest BCUT2D eigenvalue weighted by atomic mass is 9.86. The minimum Gasteiger partial charge on any atom is -0.491 e. The molecule has 1 atom stereocenters. The van der Waals surface area contributed by atoms with Crippen LogP contribution >= 0.6 is 11.8 Å². The van der Waals surface area contributed by atoms with Gasteiger partial charge >= 0.3 is 0 Å². The first kappa shape index (κ1) is 23.8. The van der Waals surface area contributed by atoms with Gasteiger partial charge < -0.3 is 9.84 Å². The summed E-state index contributed by atoms with van der Waals surface area (Å²) in [5.74, 6) is 2.25. The van der Waals surface area contributed by atoms with Crippen LogP contribution < -0.4 is 4.74 Å². The first-order chi connectivity index (χ1) is 15.9. The number of aromatic nitrogens is 3. The summed E-state index contributed by atoms with van der Waals surface area (Å²) in [6.45, 7) is 9.73. The summed E-state index contributed by atoms with van der Waals surface area (Å²) in [6, 6.07) is 18.3. The van der Waals surface area contributed by atoms with Gasteiger partial charge in [-0.15, -0.1) is 10.2 Å². The van der Waals surface area contributed by atoms with E-state index in [1.165, 1.54) is 24.6 Å². The van der Waals surface area contributed by atoms with Gasteiger partial charge in [-0.3, -0.25) is 9.47 Å². The second-order valence-electron chi connectivity index (χ2n) is 9.58. The Kier molecular flexibility index (Phi) is 7.73. The van der Waals surface area contributed by atoms with E-state index in [9.17, 15) is 5.11 Å². The molecule has 0 aliphatic carbocycles. The van der Waals surface area contributed by atoms with Crippen LogP contribution in [0.25, 0.3) is 5.69 Å². The van der Waals surface area contributed by atoms with Crippen molar-refractivity contribution in [1.82, 2.24) is 19.7 Å². The normalized spacial score (nSPS) is 15.6. The van der Waals surface area contributed by atoms with E-state index in [-0.39, 0.29) is 12.0 Å². The SMILES string of the molecule is CC(C)(C)c1ccccc1OCC(O)CSc1nnc(CN2CCCC2)n1-c1ccccc1. The molecule has 1 aliphatic heterocycles. The lowest BCUT2D eigenvalue weighted by molar-refractivity contribution is 0.125. The van der Waals surface area contributed by atoms with Gasteiger partial charge in [0.2, 0.25) is 0 Å². The Bertz CT molecular complexity index is 1030. The zero-order valence-electron chi connectivity index (χ0n) is 19.8. The van der Waals surface area contributed by atoms with Crippen LogP contribution in [0.1, 0.15) is 45.0 Å². The molecule has 0 saturated carbocycles. The maximum atomic E-state index is 10.7. The van der Waals surface area contributed by atoms with Crippen molar-refractivity contribution < 1.29 is 9.84 Å². The third-order valence-corrected chi connectivity index (χ3v) is 6.88. The van der Waals surface area contributed by atoms with Gasteiger partial charge in [-0.25, -0.2) is 0 Å². The van der Waals surface area contributed by atoms with Crippen LogP contribution in [-0.2, 0) is 12.0 Å². The van der Waals surface area contributed by atoms with Crippen LogP contribution in [0.3, 0.4) is 0 Å². The Labute approximate surface area is 201 Å². The Morgan fingerprint density at radius 3 is 2.42 bits per heavy atom. The van der Waals surface area contributed by atoms with Crippen molar-refractivity contribution in [3.05, 3.63) is 66.0 Å². The van der Waals surface area contributed by atoms with Gasteiger partial charge in [-0.05, 0) is 55.1 Å². The van der Waals surface area contributed by atoms with E-state index in [0.717, 1.165) is 47.6 Å². The third kappa shape index (κ3) is 6.16. The van der Waals surface area contributed by atoms with Gasteiger partial charge in [0.15, 0.2) is 11.0 Å². The lowest BCUT2D eigenvalue weighted by Crippen LogP contribution is -2.22. The molecule has 1 aromatic heterocycles. The molecule has 1 N–H and O–H groups in total. The van der Waals surface area contributed by atoms with Crippen molar-refractivity contribution in [2.24, 2.45) is 0 Å². The predicted molar refractivity (Wildman–Crippen MR) is 133 cm³/mol. The minimum absolute atomic E-state index is 0.0197. The molecule has 6 nitrogen and oxygen atoms in total. The van der Waals surface area contributed by atoms with Crippen molar-refractivity contribution in [2.45, 2.75) is 56.8 Å². The van der Waals surface area contributed by atoms with Gasteiger partial charge in [0.05, 0.1) is 12.6 Å². The zero-order valence-corrected chi connectivity index (χ0v) is 20.6. The highest BCUT2D eigenvalue weighted by atomic mass is 32.2. The standard InChI is InChI=1S/C26H34N4O2S/c1-26(2,3)22-13-7-8-14-23(22)32-18-21(31)19-33-25-28-27-24(17-29-15-9-10-16-29)30(25)20-11-5-4-6-12-20/h4-8,11-14,21,31H,9-10,15-19H2,1-3H3. The summed E-state index contributed by atoms with van der Waals surface area (Å²) < 4.78 is 8.13. The first-order valence-corrected chi connectivity index (χ1v) is 12.7. The number of nitrogens with zero attached hydrogens (tertiary/aromatic N) is 4. The molecule has 1 fully saturated rings. The minimum atomic E-state index is -0.619. The van der Waals surface area contributed by atoms with Crippen LogP contribution in [-0.4, -0.2) is 56.3 Å². The summed E-state index contributed by atoms with van der Waals surface area (Å²) >= 11 is 1.51. The smallest absolute Gasteiger partial charge is 0.195 e. The molecule has 4 rings (SSSR count). The molecule has 0 amide bonds. The molecule has 2 heterocycles. The van der Waals surface area contributed by atoms with Crippen molar-refractivity contribution in [1.29, 1.82) is 0 Å². The highest BCUT2D eigenvalue weighted by Crippen LogP contribution is 2.31. The number of thioether (sulfide) groups is 1. The molecular weight excluding hydrogens is 432 g/mol. The van der Waals surface area contributed by atoms with Crippen LogP contribution in [0.4, 0.5) is 0 Å². The van der Waals surface area contributed by atoms with E-state index < -0.39 is 6.10 Å². The molecule has 1 aliphatic rings. The van der Waals surface area contributed by atoms with Crippen LogP contribution in [0.2, 0.25) is 0 Å². The number of rotatable bonds is 9. The average Bonchev–Trinajstić information content (AvgIpc) is 3.46. The summed E-state index contributed by atoms with van der Waals surface area (Å²) in [5, 5.41) is 20.4. The predicted octanol–water partition coefficient (Wildman–Crippen LogP) is 4.69. The highest BCUT2D eigenvalue weighted by Gasteiger charge is 2.21. The van der Waals surface area contributed by atoms with E-state index >= 15 is 0 Å². The third-order valence-electron chi connectivity index (χ3n) is 5.81. The molecule has 2 aromatic carbocycles. The highest BCUT2D eigenvalue weighted by molar-refractivity contribution is 7.99. The maximum Gasteiger partial charge on any atom is 0.195 e. The summed E-state index contributed by atoms with van der Waals surface area (Å²) in [5.41, 5.74) is 2.16. The number of likely N-dealkylation sites (tertiary alicyclic amines) is 1. The molecule has 0 spiro atoms. The number of benzene rings is 2. The first-order valence-electron chi connectivity index (χ1n) is 11.7. The number of ether oxygens (including phenoxy) is 1. The number of aliphatic hydroxyl groups excluding tert-OH is 1. The Hall–Kier alpha value is -2.35. The van der Waals surface area contributed by atoms with Crippen molar-refractivity contribution in [2.75, 3.05) is 25.4 Å². The van der Waals surface area contributed by atoms with E-state index in [4.69, 9.17) is 4.74 Å². The molecule has 33 heavy (non-hydrogen) atoms. The fraction of sp³-hybridized carbons (Fsp3) is 0.462. The van der Waals surface area contributed by atoms with Crippen molar-refractivity contribution in [3.63, 3.8) is 0 Å². The summed E-state index contributed by atoms with van der Waals surface area (Å²) in [7, 11) is 0. The molecule has 0 bridgehead atoms. The molecule has 176 valence electrons. The van der Waals surface area contributed by atoms with Gasteiger partial charge in [0, 0.05) is 11.4 Å². The number of para-hydroxylation sites is 2. The number of hydrogen-bond donors (Lipinski definition) is 1. The molecule has 7 heteroatoms. The molecular formula is C26H34N4O2S. The van der Waals surface area contributed by atoms with Gasteiger partial charge in [0.25, 0.3) is 0 Å². The Morgan fingerprint density at radius 2 is 1.70 bits per heavy atom. The molecule has 3 aromatic rings. The molecule has 0 radical (unpaired) electrons. The van der Waals surface area contributed by atoms with Crippen molar-refractivity contribution >= 4 is 11.8 Å². The number of hydrogen-bond acceptors (Lipinski definition) is 6. The fourth-order valence-electron chi connectivity index (χ4n) is 4.09. The van der Waals surface area contributed by atoms with E-state index in [1.54, 1.807) is 0 Å².